The van der Waals surface area contributed by atoms with Crippen LogP contribution in [0.2, 0.25) is 0 Å². The number of carbonyl (C=O) groups is 1. The van der Waals surface area contributed by atoms with Crippen LogP contribution in [0.4, 0.5) is 5.69 Å². The first kappa shape index (κ1) is 19.0. The Balaban J connectivity index is 1.69. The van der Waals surface area contributed by atoms with Crippen molar-refractivity contribution >= 4 is 21.4 Å². The first-order chi connectivity index (χ1) is 13.4. The Morgan fingerprint density at radius 2 is 1.64 bits per heavy atom. The number of carbonyl (C=O) groups excluding carboxylic acids is 1. The molecular weight excluding hydrogens is 376 g/mol. The number of benzene rings is 2. The molecule has 7 heteroatoms. The second-order valence-electron chi connectivity index (χ2n) is 7.43. The van der Waals surface area contributed by atoms with Gasteiger partial charge in [-0.25, -0.2) is 8.42 Å². The van der Waals surface area contributed by atoms with Gasteiger partial charge in [-0.1, -0.05) is 30.3 Å². The number of piperazine rings is 1. The van der Waals surface area contributed by atoms with Gasteiger partial charge in [-0.05, 0) is 36.8 Å². The van der Waals surface area contributed by atoms with Gasteiger partial charge in [-0.2, -0.15) is 0 Å². The fourth-order valence-corrected chi connectivity index (χ4v) is 6.30. The summed E-state index contributed by atoms with van der Waals surface area (Å²) in [5.74, 6) is 0.691. The first-order valence-corrected chi connectivity index (χ1v) is 11.2. The van der Waals surface area contributed by atoms with Crippen LogP contribution in [0.1, 0.15) is 18.5 Å². The highest BCUT2D eigenvalue weighted by Crippen LogP contribution is 2.36. The van der Waals surface area contributed by atoms with E-state index in [0.717, 1.165) is 5.56 Å². The van der Waals surface area contributed by atoms with Gasteiger partial charge in [0.05, 0.1) is 31.2 Å². The van der Waals surface area contributed by atoms with E-state index in [9.17, 15) is 13.2 Å². The summed E-state index contributed by atoms with van der Waals surface area (Å²) in [4.78, 5) is 16.8. The monoisotopic (exact) mass is 400 g/mol. The molecule has 0 radical (unpaired) electrons. The maximum atomic E-state index is 13.1. The van der Waals surface area contributed by atoms with Crippen molar-refractivity contribution in [3.8, 4) is 5.75 Å². The maximum Gasteiger partial charge on any atom is 0.241 e. The lowest BCUT2D eigenvalue weighted by atomic mass is 9.98. The van der Waals surface area contributed by atoms with E-state index >= 15 is 0 Å². The van der Waals surface area contributed by atoms with Crippen LogP contribution in [0, 0.1) is 0 Å². The van der Waals surface area contributed by atoms with E-state index in [0.29, 0.717) is 11.4 Å². The lowest BCUT2D eigenvalue weighted by Gasteiger charge is -2.46. The van der Waals surface area contributed by atoms with Crippen LogP contribution in [0.5, 0.6) is 5.75 Å². The number of rotatable bonds is 4. The molecule has 0 N–H and O–H groups in total. The summed E-state index contributed by atoms with van der Waals surface area (Å²) in [6.45, 7) is 2.23. The summed E-state index contributed by atoms with van der Waals surface area (Å²) in [7, 11) is -1.63. The van der Waals surface area contributed by atoms with E-state index in [4.69, 9.17) is 4.74 Å². The normalized spacial score (nSPS) is 25.4. The molecule has 2 aromatic carbocycles. The molecule has 148 valence electrons. The highest BCUT2D eigenvalue weighted by atomic mass is 32.2. The number of nitrogens with zero attached hydrogens (tertiary/aromatic N) is 2. The summed E-state index contributed by atoms with van der Waals surface area (Å²) < 4.78 is 30.2. The number of sulfone groups is 1. The van der Waals surface area contributed by atoms with Crippen molar-refractivity contribution in [1.82, 2.24) is 4.90 Å². The molecule has 0 saturated carbocycles. The molecule has 3 atom stereocenters. The maximum absolute atomic E-state index is 13.1. The van der Waals surface area contributed by atoms with Gasteiger partial charge in [0.2, 0.25) is 5.91 Å². The third kappa shape index (κ3) is 3.40. The third-order valence-corrected chi connectivity index (χ3v) is 7.47. The van der Waals surface area contributed by atoms with Crippen molar-refractivity contribution in [3.63, 3.8) is 0 Å². The molecule has 0 aliphatic carbocycles. The SMILES string of the molecule is COc1ccc(N2C(=O)CN(C(C)c3ccccc3)[C@H]3CS(=O)(=O)C[C@H]32)cc1. The quantitative estimate of drug-likeness (QED) is 0.788. The van der Waals surface area contributed by atoms with Crippen molar-refractivity contribution in [1.29, 1.82) is 0 Å². The van der Waals surface area contributed by atoms with Gasteiger partial charge in [0.1, 0.15) is 5.75 Å². The van der Waals surface area contributed by atoms with E-state index < -0.39 is 9.84 Å². The molecule has 2 aromatic rings. The molecule has 1 amide bonds. The molecule has 2 aliphatic heterocycles. The zero-order chi connectivity index (χ0) is 19.9. The van der Waals surface area contributed by atoms with Crippen LogP contribution in [0.25, 0.3) is 0 Å². The van der Waals surface area contributed by atoms with Crippen LogP contribution < -0.4 is 9.64 Å². The minimum Gasteiger partial charge on any atom is -0.497 e. The lowest BCUT2D eigenvalue weighted by molar-refractivity contribution is -0.124. The average molecular weight is 401 g/mol. The number of ether oxygens (including phenoxy) is 1. The Hall–Kier alpha value is -2.38. The predicted molar refractivity (Wildman–Crippen MR) is 108 cm³/mol. The molecule has 2 aliphatic rings. The Morgan fingerprint density at radius 1 is 1.00 bits per heavy atom. The molecule has 4 rings (SSSR count). The lowest BCUT2D eigenvalue weighted by Crippen LogP contribution is -2.62. The van der Waals surface area contributed by atoms with E-state index in [1.54, 1.807) is 24.1 Å². The molecule has 0 aromatic heterocycles. The molecule has 2 fully saturated rings. The van der Waals surface area contributed by atoms with Crippen LogP contribution in [0.3, 0.4) is 0 Å². The minimum absolute atomic E-state index is 0.00650. The Morgan fingerprint density at radius 3 is 2.29 bits per heavy atom. The van der Waals surface area contributed by atoms with E-state index in [1.807, 2.05) is 54.3 Å². The molecule has 6 nitrogen and oxygen atoms in total. The van der Waals surface area contributed by atoms with Crippen LogP contribution >= 0.6 is 0 Å². The van der Waals surface area contributed by atoms with Gasteiger partial charge < -0.3 is 9.64 Å². The fraction of sp³-hybridized carbons (Fsp3) is 0.381. The predicted octanol–water partition coefficient (Wildman–Crippen LogP) is 2.27. The zero-order valence-electron chi connectivity index (χ0n) is 16.0. The van der Waals surface area contributed by atoms with E-state index in [2.05, 4.69) is 0 Å². The van der Waals surface area contributed by atoms with Gasteiger partial charge in [0, 0.05) is 17.8 Å². The summed E-state index contributed by atoms with van der Waals surface area (Å²) in [5, 5.41) is 0. The number of fused-ring (bicyclic) bond motifs is 1. The van der Waals surface area contributed by atoms with Gasteiger partial charge in [0.25, 0.3) is 0 Å². The van der Waals surface area contributed by atoms with Crippen molar-refractivity contribution in [2.75, 3.05) is 30.1 Å². The molecule has 0 spiro atoms. The van der Waals surface area contributed by atoms with Crippen molar-refractivity contribution in [2.45, 2.75) is 25.0 Å². The van der Waals surface area contributed by atoms with E-state index in [1.165, 1.54) is 0 Å². The molecule has 1 unspecified atom stereocenters. The molecule has 2 heterocycles. The van der Waals surface area contributed by atoms with Gasteiger partial charge in [-0.3, -0.25) is 9.69 Å². The van der Waals surface area contributed by atoms with Crippen molar-refractivity contribution in [3.05, 3.63) is 60.2 Å². The Kier molecular flexibility index (Phi) is 4.89. The number of anilines is 1. The summed E-state index contributed by atoms with van der Waals surface area (Å²) in [5.41, 5.74) is 1.79. The summed E-state index contributed by atoms with van der Waals surface area (Å²) in [6.07, 6.45) is 0. The van der Waals surface area contributed by atoms with Crippen molar-refractivity contribution in [2.24, 2.45) is 0 Å². The highest BCUT2D eigenvalue weighted by Gasteiger charge is 2.50. The van der Waals surface area contributed by atoms with Gasteiger partial charge in [0.15, 0.2) is 9.84 Å². The topological polar surface area (TPSA) is 66.9 Å². The van der Waals surface area contributed by atoms with Gasteiger partial charge >= 0.3 is 0 Å². The second-order valence-corrected chi connectivity index (χ2v) is 9.59. The molecule has 28 heavy (non-hydrogen) atoms. The Bertz CT molecular complexity index is 960. The number of hydrogen-bond acceptors (Lipinski definition) is 5. The van der Waals surface area contributed by atoms with Crippen LogP contribution in [-0.2, 0) is 14.6 Å². The summed E-state index contributed by atoms with van der Waals surface area (Å²) >= 11 is 0. The molecular formula is C21H24N2O4S. The average Bonchev–Trinajstić information content (AvgIpc) is 3.02. The Labute approximate surface area is 165 Å². The van der Waals surface area contributed by atoms with E-state index in [-0.39, 0.29) is 42.1 Å². The summed E-state index contributed by atoms with van der Waals surface area (Å²) in [6, 6.07) is 16.5. The smallest absolute Gasteiger partial charge is 0.241 e. The standard InChI is InChI=1S/C21H24N2O4S/c1-15(16-6-4-3-5-7-16)22-12-21(24)23(17-8-10-18(27-2)11-9-17)20-14-28(25,26)13-19(20)22/h3-11,15,19-20H,12-14H2,1-2H3/t15?,19-,20+/m0/s1. The number of hydrogen-bond donors (Lipinski definition) is 0. The number of amides is 1. The first-order valence-electron chi connectivity index (χ1n) is 9.37. The van der Waals surface area contributed by atoms with Gasteiger partial charge in [-0.15, -0.1) is 0 Å². The van der Waals surface area contributed by atoms with Crippen LogP contribution in [-0.4, -0.2) is 56.5 Å². The second kappa shape index (κ2) is 7.22. The third-order valence-electron chi connectivity index (χ3n) is 5.77. The zero-order valence-corrected chi connectivity index (χ0v) is 16.8. The largest absolute Gasteiger partial charge is 0.497 e. The molecule has 2 saturated heterocycles. The van der Waals surface area contributed by atoms with Crippen LogP contribution in [0.15, 0.2) is 54.6 Å². The minimum atomic E-state index is -3.21. The number of methoxy groups -OCH3 is 1. The molecule has 0 bridgehead atoms. The fourth-order valence-electron chi connectivity index (χ4n) is 4.33. The highest BCUT2D eigenvalue weighted by molar-refractivity contribution is 7.91. The van der Waals surface area contributed by atoms with Crippen molar-refractivity contribution < 1.29 is 17.9 Å².